The van der Waals surface area contributed by atoms with Crippen molar-refractivity contribution >= 4 is 254 Å². The van der Waals surface area contributed by atoms with Gasteiger partial charge in [-0.1, -0.05) is 102 Å². The zero-order chi connectivity index (χ0) is 106. The summed E-state index contributed by atoms with van der Waals surface area (Å²) < 4.78 is 110. The van der Waals surface area contributed by atoms with Gasteiger partial charge in [0, 0.05) is 110 Å². The number of halogens is 3. The summed E-state index contributed by atoms with van der Waals surface area (Å²) in [5.41, 5.74) is 15.6. The number of methoxy groups -OCH3 is 12. The van der Waals surface area contributed by atoms with E-state index in [0.717, 1.165) is 158 Å². The first-order valence-corrected chi connectivity index (χ1v) is 55.4. The lowest BCUT2D eigenvalue weighted by molar-refractivity contribution is -0.116. The molecular formula is C106H118Br3N11O20P2S6. The second-order valence-corrected chi connectivity index (χ2v) is 41.4. The number of rotatable bonds is 38. The van der Waals surface area contributed by atoms with Gasteiger partial charge < -0.3 is 85.2 Å². The number of nitrogen functional groups attached to an aromatic ring is 1. The number of aryl methyl sites for hydroxylation is 1. The van der Waals surface area contributed by atoms with Crippen LogP contribution in [0.5, 0.6) is 69.0 Å². The van der Waals surface area contributed by atoms with E-state index in [0.29, 0.717) is 96.3 Å². The molecule has 10 aromatic heterocycles. The first-order chi connectivity index (χ1) is 71.2. The van der Waals surface area contributed by atoms with E-state index in [1.807, 2.05) is 216 Å². The summed E-state index contributed by atoms with van der Waals surface area (Å²) >= 11 is 19.5. The molecule has 0 aliphatic carbocycles. The quantitative estimate of drug-likeness (QED) is 0.00937. The fraction of sp³-hybridized carbons (Fsp3) is 0.264. The zero-order valence-corrected chi connectivity index (χ0v) is 95.8. The fourth-order valence-electron chi connectivity index (χ4n) is 12.7. The first-order valence-electron chi connectivity index (χ1n) is 45.0. The summed E-state index contributed by atoms with van der Waals surface area (Å²) in [6.07, 6.45) is 34.9. The van der Waals surface area contributed by atoms with Crippen LogP contribution in [0.25, 0.3) is 104 Å². The number of carbonyl (C=O) groups excluding carboxylic acids is 2. The number of alkyl halides is 1. The largest absolute Gasteiger partial charge is 0.493 e. The highest BCUT2D eigenvalue weighted by molar-refractivity contribution is 9.10. The van der Waals surface area contributed by atoms with Gasteiger partial charge in [0.1, 0.15) is 58.3 Å². The number of thiazole rings is 6. The van der Waals surface area contributed by atoms with Crippen LogP contribution in [0.2, 0.25) is 0 Å². The molecule has 0 spiro atoms. The van der Waals surface area contributed by atoms with Crippen LogP contribution in [-0.2, 0) is 54.7 Å². The molecule has 0 unspecified atom stereocenters. The van der Waals surface area contributed by atoms with Crippen molar-refractivity contribution in [3.05, 3.63) is 256 Å². The molecule has 0 bridgehead atoms. The van der Waals surface area contributed by atoms with E-state index in [9.17, 15) is 14.2 Å². The molecule has 0 aliphatic rings. The van der Waals surface area contributed by atoms with E-state index in [2.05, 4.69) is 97.6 Å². The molecule has 16 aromatic rings. The van der Waals surface area contributed by atoms with E-state index >= 15 is 0 Å². The third-order valence-corrected chi connectivity index (χ3v) is 30.6. The second kappa shape index (κ2) is 64.5. The number of nitrogens with two attached hydrogens (primary N) is 1. The molecule has 784 valence electrons. The number of aldehydes is 1. The Morgan fingerprint density at radius 2 is 0.655 bits per heavy atom. The fourth-order valence-corrected chi connectivity index (χ4v) is 21.8. The van der Waals surface area contributed by atoms with Crippen molar-refractivity contribution < 1.29 is 93.6 Å². The first kappa shape index (κ1) is 121. The molecule has 148 heavy (non-hydrogen) atoms. The standard InChI is InChI=1S/C21H20N2O3S.C18H15BrN2O2S.C18H17N3O2S.C14H20NO5PS.C10H10BrNO2S.C10H11NO2S.C8H6BrNO.C6H15O3P.CH4/c1-14(24)10-16-9-8-15(13-22-16)6-4-5-7-21-23-17-11-18(25-2)19(26-3)12-20(17)27-21;2*1-22-14-9-13-16(10-15(14)23-2)24-18(21-13)6-4-3-5-12-7-8-17(19)20-11-12;1-5-19-21(16,20-6-2)9-14-15-10-7-11(17-3)12(18-4)8-13(10)22-14;1-13-7-3-6-9(4-8(7)14-2)15-10(5-11)12-6;1-6-11-7-4-8(12-2)9(13-3)5-10(7)14-6;9-8-4-3-7(6-10-8)2-1-5-11;1-4-7-10(8-5-2)9-6-3;/h4-9,11-13H,10H2,1-3H3;3-11H,1-2H3;3-11H,1-2H3,(H2,19,20);7-8H,5-6,9H2,1-4H3;3-4H,5H2,1-2H3;4-5H,1-3H3;1-6H;4-6H2,1-3H3;1H4/b6-4+,7-5+;2*5-3+,6-4+;;;;2-1+;;. The monoisotopic (exact) mass is 2360 g/mol. The van der Waals surface area contributed by atoms with E-state index < -0.39 is 16.2 Å². The molecule has 0 atom stereocenters. The van der Waals surface area contributed by atoms with Crippen molar-refractivity contribution in [3.63, 3.8) is 0 Å². The number of nitrogens with zero attached hydrogens (tertiary/aromatic N) is 10. The Morgan fingerprint density at radius 3 is 0.953 bits per heavy atom. The molecule has 42 heteroatoms. The Morgan fingerprint density at radius 1 is 0.365 bits per heavy atom. The summed E-state index contributed by atoms with van der Waals surface area (Å²) in [5, 5.41) is 6.34. The third-order valence-electron chi connectivity index (χ3n) is 19.3. The minimum atomic E-state index is -3.15. The average Bonchev–Trinajstić information content (AvgIpc) is 1.66. The highest BCUT2D eigenvalue weighted by Crippen LogP contribution is 2.53. The van der Waals surface area contributed by atoms with Crippen LogP contribution in [-0.4, -0.2) is 180 Å². The summed E-state index contributed by atoms with van der Waals surface area (Å²) in [4.78, 5) is 64.6. The van der Waals surface area contributed by atoms with Gasteiger partial charge in [0.2, 0.25) is 0 Å². The van der Waals surface area contributed by atoms with Crippen LogP contribution in [0.4, 0.5) is 5.82 Å². The number of anilines is 1. The van der Waals surface area contributed by atoms with Crippen LogP contribution in [0.1, 0.15) is 107 Å². The van der Waals surface area contributed by atoms with Crippen molar-refractivity contribution in [2.75, 3.05) is 124 Å². The topological polar surface area (TPSA) is 363 Å². The summed E-state index contributed by atoms with van der Waals surface area (Å²) in [5.74, 6) is 8.99. The maximum atomic E-state index is 12.6. The van der Waals surface area contributed by atoms with Crippen LogP contribution in [0, 0.1) is 6.92 Å². The van der Waals surface area contributed by atoms with Gasteiger partial charge in [0.15, 0.2) is 69.0 Å². The van der Waals surface area contributed by atoms with Crippen LogP contribution in [0.3, 0.4) is 0 Å². The highest BCUT2D eigenvalue weighted by Gasteiger charge is 2.27. The number of fused-ring (bicyclic) bond motifs is 6. The predicted octanol–water partition coefficient (Wildman–Crippen LogP) is 28.7. The minimum Gasteiger partial charge on any atom is -0.493 e. The molecular weight excluding hydrogens is 2240 g/mol. The Hall–Kier alpha value is -11.9. The number of pyridine rings is 4. The molecule has 16 rings (SSSR count). The lowest BCUT2D eigenvalue weighted by Gasteiger charge is -2.15. The number of ketones is 1. The van der Waals surface area contributed by atoms with Crippen molar-refractivity contribution in [2.45, 2.75) is 73.8 Å². The van der Waals surface area contributed by atoms with Gasteiger partial charge >= 0.3 is 16.2 Å². The summed E-state index contributed by atoms with van der Waals surface area (Å²) in [7, 11) is 15.2. The number of ether oxygens (including phenoxy) is 12. The molecule has 0 radical (unpaired) electrons. The minimum absolute atomic E-state index is 0. The smallest absolute Gasteiger partial charge is 0.337 e. The number of aromatic nitrogens is 10. The van der Waals surface area contributed by atoms with Crippen molar-refractivity contribution in [1.82, 2.24) is 49.8 Å². The van der Waals surface area contributed by atoms with Gasteiger partial charge in [-0.15, -0.1) is 68.0 Å². The van der Waals surface area contributed by atoms with E-state index in [-0.39, 0.29) is 19.4 Å². The van der Waals surface area contributed by atoms with Crippen molar-refractivity contribution in [3.8, 4) is 69.0 Å². The SMILES string of the molecule is C.CCOP(=O)(Cc1nc2cc(OC)c(OC)cc2s1)OCC.CCOP(OCC)OCC.COc1cc2nc(/C=C/C=C/c3ccc(Br)nc3)sc2cc1OC.COc1cc2nc(/C=C/C=C/c3ccc(CC(C)=O)nc3)sc2cc1OC.COc1cc2nc(/C=C/C=C/c3ccc(N)nc3)sc2cc1OC.COc1cc2nc(C)sc2cc1OC.COc1cc2nc(CBr)sc2cc1OC.O=C/C=C/c1ccc(Br)nc1. The normalized spacial score (nSPS) is 11.2. The highest BCUT2D eigenvalue weighted by atomic mass is 79.9. The molecule has 6 aromatic carbocycles. The van der Waals surface area contributed by atoms with E-state index in [1.54, 1.807) is 200 Å². The Bertz CT molecular complexity index is 6750. The summed E-state index contributed by atoms with van der Waals surface area (Å²) in [6, 6.07) is 38.0. The molecule has 2 N–H and O–H groups in total. The summed E-state index contributed by atoms with van der Waals surface area (Å²) in [6.45, 7) is 15.5. The number of Topliss-reactive ketones (excluding diaryl/α,β-unsaturated/α-hetero) is 1. The van der Waals surface area contributed by atoms with Crippen molar-refractivity contribution in [2.24, 2.45) is 0 Å². The van der Waals surface area contributed by atoms with Gasteiger partial charge in [-0.25, -0.2) is 44.9 Å². The number of carbonyl (C=O) groups is 2. The number of allylic oxidation sites excluding steroid dienone is 7. The van der Waals surface area contributed by atoms with Crippen molar-refractivity contribution in [1.29, 1.82) is 0 Å². The molecule has 0 amide bonds. The number of hydrogen-bond donors (Lipinski definition) is 1. The lowest BCUT2D eigenvalue weighted by atomic mass is 10.2. The maximum absolute atomic E-state index is 12.6. The average molecular weight is 2360 g/mol. The predicted molar refractivity (Wildman–Crippen MR) is 617 cm³/mol. The van der Waals surface area contributed by atoms with Gasteiger partial charge in [-0.2, -0.15) is 0 Å². The lowest BCUT2D eigenvalue weighted by Crippen LogP contribution is -1.98. The maximum Gasteiger partial charge on any atom is 0.337 e. The molecule has 10 heterocycles. The van der Waals surface area contributed by atoms with E-state index in [4.69, 9.17) is 85.2 Å². The Balaban J connectivity index is 0.000000210. The molecule has 31 nitrogen and oxygen atoms in total. The van der Waals surface area contributed by atoms with Gasteiger partial charge in [-0.3, -0.25) is 19.1 Å². The second-order valence-electron chi connectivity index (χ2n) is 29.3. The van der Waals surface area contributed by atoms with Gasteiger partial charge in [0.05, 0.1) is 190 Å². The third kappa shape index (κ3) is 38.3. The number of hydrogen-bond acceptors (Lipinski definition) is 37. The molecule has 0 aliphatic heterocycles. The zero-order valence-electron chi connectivity index (χ0n) is 84.4. The Labute approximate surface area is 912 Å². The molecule has 0 fully saturated rings. The van der Waals surface area contributed by atoms with Gasteiger partial charge in [0.25, 0.3) is 0 Å². The van der Waals surface area contributed by atoms with Crippen LogP contribution < -0.4 is 62.6 Å². The van der Waals surface area contributed by atoms with Crippen LogP contribution in [0.15, 0.2) is 198 Å². The molecule has 0 saturated carbocycles. The van der Waals surface area contributed by atoms with E-state index in [1.165, 1.54) is 17.4 Å². The number of benzene rings is 6. The van der Waals surface area contributed by atoms with Crippen LogP contribution >= 0.6 is 132 Å². The van der Waals surface area contributed by atoms with Gasteiger partial charge in [-0.05, 0) is 157 Å². The Kier molecular flexibility index (Phi) is 52.8. The molecule has 0 saturated heterocycles.